The lowest BCUT2D eigenvalue weighted by molar-refractivity contribution is 0.0135. The van der Waals surface area contributed by atoms with Crippen molar-refractivity contribution in [3.63, 3.8) is 0 Å². The van der Waals surface area contributed by atoms with Gasteiger partial charge >= 0.3 is 0 Å². The van der Waals surface area contributed by atoms with Crippen molar-refractivity contribution >= 4 is 0 Å². The van der Waals surface area contributed by atoms with E-state index in [1.54, 1.807) is 0 Å². The van der Waals surface area contributed by atoms with Gasteiger partial charge in [-0.15, -0.1) is 0 Å². The number of fused-ring (bicyclic) bond motifs is 1. The minimum atomic E-state index is -0.0159. The zero-order valence-electron chi connectivity index (χ0n) is 11.0. The summed E-state index contributed by atoms with van der Waals surface area (Å²) in [5.74, 6) is 2.02. The molecule has 1 saturated heterocycles. The molecule has 0 bridgehead atoms. The fraction of sp³-hybridized carbons (Fsp3) is 1.00. The van der Waals surface area contributed by atoms with Crippen molar-refractivity contribution in [3.8, 4) is 0 Å². The normalized spacial score (nSPS) is 44.3. The summed E-state index contributed by atoms with van der Waals surface area (Å²) in [5.41, 5.74) is 0. The van der Waals surface area contributed by atoms with E-state index in [4.69, 9.17) is 0 Å². The van der Waals surface area contributed by atoms with E-state index in [0.29, 0.717) is 6.04 Å². The Kier molecular flexibility index (Phi) is 3.72. The predicted octanol–water partition coefficient (Wildman–Crippen LogP) is 2.80. The number of aliphatic hydroxyl groups is 1. The van der Waals surface area contributed by atoms with Crippen LogP contribution in [0.2, 0.25) is 0 Å². The van der Waals surface area contributed by atoms with E-state index in [9.17, 15) is 5.11 Å². The predicted molar refractivity (Wildman–Crippen MR) is 69.9 cm³/mol. The summed E-state index contributed by atoms with van der Waals surface area (Å²) in [4.78, 5) is 2.72. The summed E-state index contributed by atoms with van der Waals surface area (Å²) in [6.07, 6.45) is 11.9. The van der Waals surface area contributed by atoms with Crippen molar-refractivity contribution in [2.75, 3.05) is 13.1 Å². The second kappa shape index (κ2) is 5.27. The Bertz CT molecular complexity index is 255. The van der Waals surface area contributed by atoms with Crippen molar-refractivity contribution < 1.29 is 5.11 Å². The van der Waals surface area contributed by atoms with Crippen molar-refractivity contribution in [2.45, 2.75) is 69.9 Å². The Morgan fingerprint density at radius 1 is 0.824 bits per heavy atom. The summed E-state index contributed by atoms with van der Waals surface area (Å²) in [5, 5.41) is 9.82. The van der Waals surface area contributed by atoms with Gasteiger partial charge in [0.1, 0.15) is 0 Å². The SMILES string of the molecule is OC1CCCC(N2CCC3CCCCC3C2)C1. The third kappa shape index (κ3) is 2.68. The van der Waals surface area contributed by atoms with Crippen molar-refractivity contribution in [1.29, 1.82) is 0 Å². The van der Waals surface area contributed by atoms with Crippen LogP contribution in [0, 0.1) is 11.8 Å². The highest BCUT2D eigenvalue weighted by molar-refractivity contribution is 4.88. The third-order valence-corrected chi connectivity index (χ3v) is 5.46. The molecule has 98 valence electrons. The molecular formula is C15H27NO. The Labute approximate surface area is 105 Å². The first-order chi connectivity index (χ1) is 8.33. The molecule has 3 fully saturated rings. The van der Waals surface area contributed by atoms with Gasteiger partial charge in [0.25, 0.3) is 0 Å². The van der Waals surface area contributed by atoms with Crippen LogP contribution in [0.5, 0.6) is 0 Å². The van der Waals surface area contributed by atoms with E-state index in [0.717, 1.165) is 24.7 Å². The fourth-order valence-corrected chi connectivity index (χ4v) is 4.43. The largest absolute Gasteiger partial charge is 0.393 e. The highest BCUT2D eigenvalue weighted by Crippen LogP contribution is 2.38. The molecule has 0 amide bonds. The monoisotopic (exact) mass is 237 g/mol. The number of hydrogen-bond donors (Lipinski definition) is 1. The van der Waals surface area contributed by atoms with Gasteiger partial charge < -0.3 is 5.11 Å². The zero-order valence-corrected chi connectivity index (χ0v) is 11.0. The van der Waals surface area contributed by atoms with Crippen LogP contribution < -0.4 is 0 Å². The molecule has 17 heavy (non-hydrogen) atoms. The van der Waals surface area contributed by atoms with Crippen molar-refractivity contribution in [1.82, 2.24) is 4.90 Å². The molecule has 0 aromatic heterocycles. The van der Waals surface area contributed by atoms with Gasteiger partial charge in [-0.1, -0.05) is 19.3 Å². The van der Waals surface area contributed by atoms with Gasteiger partial charge in [-0.05, 0) is 56.9 Å². The molecule has 3 rings (SSSR count). The molecule has 4 atom stereocenters. The van der Waals surface area contributed by atoms with E-state index in [1.165, 1.54) is 58.0 Å². The highest BCUT2D eigenvalue weighted by Gasteiger charge is 2.35. The van der Waals surface area contributed by atoms with Gasteiger partial charge in [0.15, 0.2) is 0 Å². The number of aliphatic hydroxyl groups excluding tert-OH is 1. The van der Waals surface area contributed by atoms with Crippen LogP contribution in [0.1, 0.15) is 57.8 Å². The number of nitrogens with zero attached hydrogens (tertiary/aromatic N) is 1. The Hall–Kier alpha value is -0.0800. The standard InChI is InChI=1S/C15H27NO/c17-15-7-3-6-14(10-15)16-9-8-12-4-1-2-5-13(12)11-16/h12-15,17H,1-11H2. The van der Waals surface area contributed by atoms with Gasteiger partial charge in [0, 0.05) is 12.6 Å². The quantitative estimate of drug-likeness (QED) is 0.758. The summed E-state index contributed by atoms with van der Waals surface area (Å²) in [6.45, 7) is 2.64. The molecule has 0 spiro atoms. The van der Waals surface area contributed by atoms with Crippen LogP contribution >= 0.6 is 0 Å². The van der Waals surface area contributed by atoms with E-state index < -0.39 is 0 Å². The zero-order chi connectivity index (χ0) is 11.7. The molecule has 2 saturated carbocycles. The molecule has 4 unspecified atom stereocenters. The molecule has 0 aromatic carbocycles. The molecule has 3 aliphatic rings. The minimum Gasteiger partial charge on any atom is -0.393 e. The first-order valence-corrected chi connectivity index (χ1v) is 7.75. The van der Waals surface area contributed by atoms with Crippen molar-refractivity contribution in [3.05, 3.63) is 0 Å². The Morgan fingerprint density at radius 2 is 1.65 bits per heavy atom. The first-order valence-electron chi connectivity index (χ1n) is 7.75. The molecule has 1 aliphatic heterocycles. The fourth-order valence-electron chi connectivity index (χ4n) is 4.43. The van der Waals surface area contributed by atoms with Gasteiger partial charge in [-0.3, -0.25) is 4.90 Å². The molecular weight excluding hydrogens is 210 g/mol. The topological polar surface area (TPSA) is 23.5 Å². The number of likely N-dealkylation sites (tertiary alicyclic amines) is 1. The van der Waals surface area contributed by atoms with Crippen molar-refractivity contribution in [2.24, 2.45) is 11.8 Å². The average molecular weight is 237 g/mol. The van der Waals surface area contributed by atoms with E-state index in [-0.39, 0.29) is 6.10 Å². The summed E-state index contributed by atoms with van der Waals surface area (Å²) >= 11 is 0. The first kappa shape index (κ1) is 12.0. The lowest BCUT2D eigenvalue weighted by Crippen LogP contribution is -2.48. The van der Waals surface area contributed by atoms with E-state index in [2.05, 4.69) is 4.90 Å². The van der Waals surface area contributed by atoms with Crippen LogP contribution in [0.25, 0.3) is 0 Å². The maximum absolute atomic E-state index is 9.82. The molecule has 2 heteroatoms. The van der Waals surface area contributed by atoms with Gasteiger partial charge in [0.2, 0.25) is 0 Å². The maximum atomic E-state index is 9.82. The van der Waals surface area contributed by atoms with Gasteiger partial charge in [0.05, 0.1) is 6.10 Å². The van der Waals surface area contributed by atoms with Crippen LogP contribution in [0.3, 0.4) is 0 Å². The van der Waals surface area contributed by atoms with Gasteiger partial charge in [-0.25, -0.2) is 0 Å². The van der Waals surface area contributed by atoms with Gasteiger partial charge in [-0.2, -0.15) is 0 Å². The molecule has 2 nitrogen and oxygen atoms in total. The Morgan fingerprint density at radius 3 is 2.47 bits per heavy atom. The highest BCUT2D eigenvalue weighted by atomic mass is 16.3. The molecule has 2 aliphatic carbocycles. The third-order valence-electron chi connectivity index (χ3n) is 5.46. The number of hydrogen-bond acceptors (Lipinski definition) is 2. The summed E-state index contributed by atoms with van der Waals surface area (Å²) in [7, 11) is 0. The molecule has 1 heterocycles. The number of rotatable bonds is 1. The lowest BCUT2D eigenvalue weighted by atomic mass is 9.74. The second-order valence-electron chi connectivity index (χ2n) is 6.56. The minimum absolute atomic E-state index is 0.0159. The lowest BCUT2D eigenvalue weighted by Gasteiger charge is -2.45. The van der Waals surface area contributed by atoms with E-state index in [1.807, 2.05) is 0 Å². The summed E-state index contributed by atoms with van der Waals surface area (Å²) in [6, 6.07) is 0.696. The van der Waals surface area contributed by atoms with Crippen LogP contribution in [-0.2, 0) is 0 Å². The maximum Gasteiger partial charge on any atom is 0.0555 e. The van der Waals surface area contributed by atoms with Crippen LogP contribution in [0.15, 0.2) is 0 Å². The molecule has 0 aromatic rings. The van der Waals surface area contributed by atoms with Crippen LogP contribution in [0.4, 0.5) is 0 Å². The average Bonchev–Trinajstić information content (AvgIpc) is 2.38. The van der Waals surface area contributed by atoms with Crippen LogP contribution in [-0.4, -0.2) is 35.2 Å². The smallest absolute Gasteiger partial charge is 0.0555 e. The Balaban J connectivity index is 1.57. The molecule has 1 N–H and O–H groups in total. The van der Waals surface area contributed by atoms with E-state index >= 15 is 0 Å². The number of piperidine rings is 1. The second-order valence-corrected chi connectivity index (χ2v) is 6.56. The molecule has 0 radical (unpaired) electrons. The summed E-state index contributed by atoms with van der Waals surface area (Å²) < 4.78 is 0.